The monoisotopic (exact) mass is 178 g/mol. The van der Waals surface area contributed by atoms with Gasteiger partial charge in [-0.15, -0.1) is 0 Å². The predicted molar refractivity (Wildman–Crippen MR) is 59.7 cm³/mol. The molecule has 0 aromatic carbocycles. The summed E-state index contributed by atoms with van der Waals surface area (Å²) in [4.78, 5) is 0. The molecule has 0 radical (unpaired) electrons. The Morgan fingerprint density at radius 1 is 1.08 bits per heavy atom. The number of hydrogen-bond acceptors (Lipinski definition) is 0. The maximum absolute atomic E-state index is 2.33. The first kappa shape index (κ1) is 10.6. The summed E-state index contributed by atoms with van der Waals surface area (Å²) in [7, 11) is 0. The lowest BCUT2D eigenvalue weighted by Gasteiger charge is -2.26. The Labute approximate surface area is 82.7 Å². The van der Waals surface area contributed by atoms with Gasteiger partial charge in [0.2, 0.25) is 0 Å². The highest BCUT2D eigenvalue weighted by Gasteiger charge is 2.19. The second-order valence-corrected chi connectivity index (χ2v) is 5.34. The summed E-state index contributed by atoms with van der Waals surface area (Å²) in [6, 6.07) is 0. The second kappa shape index (κ2) is 3.69. The molecule has 0 N–H and O–H groups in total. The van der Waals surface area contributed by atoms with Crippen LogP contribution < -0.4 is 0 Å². The molecule has 1 aliphatic carbocycles. The van der Waals surface area contributed by atoms with E-state index in [1.54, 1.807) is 11.1 Å². The van der Waals surface area contributed by atoms with Crippen LogP contribution in [0.3, 0.4) is 0 Å². The molecule has 0 heteroatoms. The summed E-state index contributed by atoms with van der Waals surface area (Å²) in [5.74, 6) is 0.720. The first-order valence-corrected chi connectivity index (χ1v) is 5.31. The van der Waals surface area contributed by atoms with Crippen LogP contribution in [-0.2, 0) is 0 Å². The highest BCUT2D eigenvalue weighted by atomic mass is 14.2. The Hall–Kier alpha value is -0.520. The SMILES string of the molecule is CC(C)C1=CC=C(C(C)(C)C)CC1. The zero-order valence-electron chi connectivity index (χ0n) is 9.65. The van der Waals surface area contributed by atoms with Gasteiger partial charge in [-0.1, -0.05) is 57.9 Å². The smallest absolute Gasteiger partial charge is 0.0170 e. The zero-order valence-corrected chi connectivity index (χ0v) is 9.65. The molecule has 0 aromatic heterocycles. The second-order valence-electron chi connectivity index (χ2n) is 5.34. The van der Waals surface area contributed by atoms with E-state index in [4.69, 9.17) is 0 Å². The molecule has 74 valence electrons. The Kier molecular flexibility index (Phi) is 3.00. The number of hydrogen-bond donors (Lipinski definition) is 0. The summed E-state index contributed by atoms with van der Waals surface area (Å²) in [6.07, 6.45) is 7.18. The third-order valence-corrected chi connectivity index (χ3v) is 2.89. The van der Waals surface area contributed by atoms with Gasteiger partial charge in [0.15, 0.2) is 0 Å². The van der Waals surface area contributed by atoms with E-state index >= 15 is 0 Å². The molecule has 0 atom stereocenters. The van der Waals surface area contributed by atoms with Gasteiger partial charge in [-0.05, 0) is 24.2 Å². The van der Waals surface area contributed by atoms with Crippen LogP contribution in [0.4, 0.5) is 0 Å². The molecule has 0 amide bonds. The summed E-state index contributed by atoms with van der Waals surface area (Å²) in [5.41, 5.74) is 3.56. The molecule has 0 unspecified atom stereocenters. The van der Waals surface area contributed by atoms with Crippen molar-refractivity contribution in [2.45, 2.75) is 47.5 Å². The lowest BCUT2D eigenvalue weighted by molar-refractivity contribution is 0.475. The molecule has 0 saturated carbocycles. The Bertz CT molecular complexity index is 233. The van der Waals surface area contributed by atoms with Gasteiger partial charge < -0.3 is 0 Å². The van der Waals surface area contributed by atoms with Crippen LogP contribution in [0, 0.1) is 11.3 Å². The lowest BCUT2D eigenvalue weighted by Crippen LogP contribution is -2.12. The molecule has 0 aliphatic heterocycles. The van der Waals surface area contributed by atoms with Crippen molar-refractivity contribution in [2.24, 2.45) is 11.3 Å². The maximum Gasteiger partial charge on any atom is -0.0170 e. The van der Waals surface area contributed by atoms with Gasteiger partial charge in [-0.2, -0.15) is 0 Å². The van der Waals surface area contributed by atoms with Gasteiger partial charge >= 0.3 is 0 Å². The molecular weight excluding hydrogens is 156 g/mol. The van der Waals surface area contributed by atoms with E-state index < -0.39 is 0 Å². The average Bonchev–Trinajstić information content (AvgIpc) is 2.03. The maximum atomic E-state index is 2.33. The molecule has 0 heterocycles. The van der Waals surface area contributed by atoms with Crippen LogP contribution >= 0.6 is 0 Å². The number of allylic oxidation sites excluding steroid dienone is 4. The van der Waals surface area contributed by atoms with Crippen molar-refractivity contribution in [1.29, 1.82) is 0 Å². The van der Waals surface area contributed by atoms with Gasteiger partial charge in [-0.25, -0.2) is 0 Å². The molecule has 1 aliphatic rings. The molecule has 0 spiro atoms. The molecular formula is C13H22. The largest absolute Gasteiger partial charge is 0.0673 e. The highest BCUT2D eigenvalue weighted by molar-refractivity contribution is 5.27. The van der Waals surface area contributed by atoms with E-state index in [2.05, 4.69) is 46.8 Å². The number of rotatable bonds is 1. The minimum Gasteiger partial charge on any atom is -0.0673 e. The fourth-order valence-electron chi connectivity index (χ4n) is 1.76. The lowest BCUT2D eigenvalue weighted by atomic mass is 9.79. The van der Waals surface area contributed by atoms with Gasteiger partial charge in [0.25, 0.3) is 0 Å². The standard InChI is InChI=1S/C13H22/c1-10(2)11-6-8-12(9-7-11)13(3,4)5/h6,8,10H,7,9H2,1-5H3. The molecule has 0 aromatic rings. The van der Waals surface area contributed by atoms with E-state index in [-0.39, 0.29) is 0 Å². The molecule has 1 rings (SSSR count). The summed E-state index contributed by atoms with van der Waals surface area (Å²) >= 11 is 0. The average molecular weight is 178 g/mol. The van der Waals surface area contributed by atoms with Crippen molar-refractivity contribution < 1.29 is 0 Å². The molecule has 0 bridgehead atoms. The van der Waals surface area contributed by atoms with E-state index in [1.807, 2.05) is 0 Å². The summed E-state index contributed by atoms with van der Waals surface area (Å²) < 4.78 is 0. The van der Waals surface area contributed by atoms with E-state index in [0.29, 0.717) is 5.41 Å². The summed E-state index contributed by atoms with van der Waals surface area (Å²) in [6.45, 7) is 11.5. The fraction of sp³-hybridized carbons (Fsp3) is 0.692. The van der Waals surface area contributed by atoms with Gasteiger partial charge in [-0.3, -0.25) is 0 Å². The van der Waals surface area contributed by atoms with Crippen LogP contribution in [0.25, 0.3) is 0 Å². The van der Waals surface area contributed by atoms with E-state index in [1.165, 1.54) is 12.8 Å². The zero-order chi connectivity index (χ0) is 10.1. The van der Waals surface area contributed by atoms with Crippen LogP contribution in [0.5, 0.6) is 0 Å². The van der Waals surface area contributed by atoms with Crippen LogP contribution in [-0.4, -0.2) is 0 Å². The van der Waals surface area contributed by atoms with E-state index in [0.717, 1.165) is 5.92 Å². The molecule has 13 heavy (non-hydrogen) atoms. The molecule has 0 nitrogen and oxygen atoms in total. The van der Waals surface area contributed by atoms with Gasteiger partial charge in [0.05, 0.1) is 0 Å². The van der Waals surface area contributed by atoms with Crippen molar-refractivity contribution in [3.8, 4) is 0 Å². The first-order valence-electron chi connectivity index (χ1n) is 5.31. The fourth-order valence-corrected chi connectivity index (χ4v) is 1.76. The Morgan fingerprint density at radius 3 is 2.00 bits per heavy atom. The predicted octanol–water partition coefficient (Wildman–Crippen LogP) is 4.34. The molecule has 0 saturated heterocycles. The van der Waals surface area contributed by atoms with Gasteiger partial charge in [0.1, 0.15) is 0 Å². The minimum atomic E-state index is 0.360. The van der Waals surface area contributed by atoms with Crippen molar-refractivity contribution >= 4 is 0 Å². The van der Waals surface area contributed by atoms with E-state index in [9.17, 15) is 0 Å². The van der Waals surface area contributed by atoms with Crippen LogP contribution in [0.1, 0.15) is 47.5 Å². The summed E-state index contributed by atoms with van der Waals surface area (Å²) in [5, 5.41) is 0. The third kappa shape index (κ3) is 2.72. The van der Waals surface area contributed by atoms with Crippen LogP contribution in [0.15, 0.2) is 23.3 Å². The van der Waals surface area contributed by atoms with Gasteiger partial charge in [0, 0.05) is 0 Å². The third-order valence-electron chi connectivity index (χ3n) is 2.89. The topological polar surface area (TPSA) is 0 Å². The Balaban J connectivity index is 2.77. The first-order chi connectivity index (χ1) is 5.91. The van der Waals surface area contributed by atoms with Crippen molar-refractivity contribution in [3.63, 3.8) is 0 Å². The quantitative estimate of drug-likeness (QED) is 0.560. The van der Waals surface area contributed by atoms with Crippen molar-refractivity contribution in [1.82, 2.24) is 0 Å². The minimum absolute atomic E-state index is 0.360. The van der Waals surface area contributed by atoms with Crippen LogP contribution in [0.2, 0.25) is 0 Å². The van der Waals surface area contributed by atoms with Crippen molar-refractivity contribution in [2.75, 3.05) is 0 Å². The molecule has 0 fully saturated rings. The van der Waals surface area contributed by atoms with Crippen molar-refractivity contribution in [3.05, 3.63) is 23.3 Å². The Morgan fingerprint density at radius 2 is 1.69 bits per heavy atom. The highest BCUT2D eigenvalue weighted by Crippen LogP contribution is 2.34. The normalized spacial score (nSPS) is 18.6.